The lowest BCUT2D eigenvalue weighted by Gasteiger charge is -2.13. The van der Waals surface area contributed by atoms with E-state index in [4.69, 9.17) is 13.9 Å². The number of nitrogens with zero attached hydrogens (tertiary/aromatic N) is 1. The molecule has 0 fully saturated rings. The zero-order chi connectivity index (χ0) is 21.6. The number of carbonyl (C=O) groups is 1. The summed E-state index contributed by atoms with van der Waals surface area (Å²) in [7, 11) is 1.64. The Morgan fingerprint density at radius 2 is 2.00 bits per heavy atom. The average Bonchev–Trinajstić information content (AvgIpc) is 3.27. The highest BCUT2D eigenvalue weighted by atomic mass is 16.5. The molecular weight excluding hydrogens is 384 g/mol. The molecule has 1 heterocycles. The number of carbonyl (C=O) groups excluding carboxylic acids is 1. The number of aryl methyl sites for hydroxylation is 1. The van der Waals surface area contributed by atoms with Crippen LogP contribution in [-0.4, -0.2) is 45.2 Å². The predicted molar refractivity (Wildman–Crippen MR) is 117 cm³/mol. The van der Waals surface area contributed by atoms with E-state index < -0.39 is 0 Å². The molecule has 8 heteroatoms. The smallest absolute Gasteiger partial charge is 0.242 e. The van der Waals surface area contributed by atoms with Crippen molar-refractivity contribution in [2.45, 2.75) is 33.2 Å². The van der Waals surface area contributed by atoms with Gasteiger partial charge in [-0.2, -0.15) is 0 Å². The maximum absolute atomic E-state index is 12.0. The summed E-state index contributed by atoms with van der Waals surface area (Å²) < 4.78 is 16.1. The summed E-state index contributed by atoms with van der Waals surface area (Å²) in [5.74, 6) is 2.68. The quantitative estimate of drug-likeness (QED) is 0.279. The Kier molecular flexibility index (Phi) is 10.1. The molecule has 2 aromatic rings. The topological polar surface area (TPSA) is 97.1 Å². The molecule has 0 aliphatic carbocycles. The van der Waals surface area contributed by atoms with Crippen molar-refractivity contribution in [3.05, 3.63) is 47.9 Å². The summed E-state index contributed by atoms with van der Waals surface area (Å²) in [6.45, 7) is 6.39. The lowest BCUT2D eigenvalue weighted by molar-refractivity contribution is -0.119. The second kappa shape index (κ2) is 13.1. The highest BCUT2D eigenvalue weighted by Crippen LogP contribution is 2.28. The normalized spacial score (nSPS) is 11.1. The first kappa shape index (κ1) is 23.1. The third-order valence-electron chi connectivity index (χ3n) is 4.23. The second-order valence-corrected chi connectivity index (χ2v) is 6.50. The van der Waals surface area contributed by atoms with Gasteiger partial charge in [0.2, 0.25) is 5.91 Å². The SMILES string of the molecule is CCNC(=NCC(=O)NCc1ccco1)NCCCc1ccc(OC)c(OCC)c1. The number of furan rings is 1. The highest BCUT2D eigenvalue weighted by Gasteiger charge is 2.06. The molecule has 0 spiro atoms. The van der Waals surface area contributed by atoms with E-state index in [0.717, 1.165) is 37.4 Å². The van der Waals surface area contributed by atoms with Crippen LogP contribution in [-0.2, 0) is 17.8 Å². The Morgan fingerprint density at radius 1 is 1.13 bits per heavy atom. The van der Waals surface area contributed by atoms with Crippen LogP contribution in [0.2, 0.25) is 0 Å². The van der Waals surface area contributed by atoms with Gasteiger partial charge in [0, 0.05) is 13.1 Å². The summed E-state index contributed by atoms with van der Waals surface area (Å²) in [4.78, 5) is 16.3. The monoisotopic (exact) mass is 416 g/mol. The number of ether oxygens (including phenoxy) is 2. The predicted octanol–water partition coefficient (Wildman–Crippen LogP) is 2.49. The molecule has 2 rings (SSSR count). The van der Waals surface area contributed by atoms with Crippen LogP contribution < -0.4 is 25.4 Å². The fourth-order valence-electron chi connectivity index (χ4n) is 2.79. The number of amides is 1. The van der Waals surface area contributed by atoms with Gasteiger partial charge in [-0.1, -0.05) is 6.07 Å². The molecule has 0 bridgehead atoms. The molecule has 1 aromatic carbocycles. The lowest BCUT2D eigenvalue weighted by Crippen LogP contribution is -2.39. The third-order valence-corrected chi connectivity index (χ3v) is 4.23. The maximum Gasteiger partial charge on any atom is 0.242 e. The molecule has 8 nitrogen and oxygen atoms in total. The molecular formula is C22H32N4O4. The van der Waals surface area contributed by atoms with Crippen molar-refractivity contribution in [1.29, 1.82) is 0 Å². The van der Waals surface area contributed by atoms with Crippen molar-refractivity contribution in [1.82, 2.24) is 16.0 Å². The van der Waals surface area contributed by atoms with Crippen LogP contribution in [0.25, 0.3) is 0 Å². The van der Waals surface area contributed by atoms with Gasteiger partial charge in [0.05, 0.1) is 26.5 Å². The first-order valence-electron chi connectivity index (χ1n) is 10.3. The maximum atomic E-state index is 12.0. The molecule has 0 unspecified atom stereocenters. The van der Waals surface area contributed by atoms with Gasteiger partial charge >= 0.3 is 0 Å². The fraction of sp³-hybridized carbons (Fsp3) is 0.455. The van der Waals surface area contributed by atoms with Crippen molar-refractivity contribution in [2.24, 2.45) is 4.99 Å². The summed E-state index contributed by atoms with van der Waals surface area (Å²) in [5.41, 5.74) is 1.18. The summed E-state index contributed by atoms with van der Waals surface area (Å²) >= 11 is 0. The van der Waals surface area contributed by atoms with Crippen LogP contribution in [0.1, 0.15) is 31.6 Å². The number of methoxy groups -OCH3 is 1. The van der Waals surface area contributed by atoms with Crippen LogP contribution in [0.5, 0.6) is 11.5 Å². The van der Waals surface area contributed by atoms with Gasteiger partial charge in [0.1, 0.15) is 12.3 Å². The molecule has 1 aromatic heterocycles. The van der Waals surface area contributed by atoms with E-state index >= 15 is 0 Å². The van der Waals surface area contributed by atoms with Gasteiger partial charge < -0.3 is 29.8 Å². The molecule has 30 heavy (non-hydrogen) atoms. The molecule has 0 radical (unpaired) electrons. The van der Waals surface area contributed by atoms with Crippen molar-refractivity contribution >= 4 is 11.9 Å². The van der Waals surface area contributed by atoms with Gasteiger partial charge in [-0.3, -0.25) is 4.79 Å². The van der Waals surface area contributed by atoms with Crippen molar-refractivity contribution in [3.63, 3.8) is 0 Å². The Bertz CT molecular complexity index is 790. The van der Waals surface area contributed by atoms with E-state index in [-0.39, 0.29) is 12.5 Å². The van der Waals surface area contributed by atoms with Crippen LogP contribution in [0.4, 0.5) is 0 Å². The van der Waals surface area contributed by atoms with E-state index in [1.165, 1.54) is 5.56 Å². The molecule has 164 valence electrons. The zero-order valence-electron chi connectivity index (χ0n) is 18.0. The standard InChI is InChI=1S/C22H32N4O4/c1-4-23-22(26-16-21(27)25-15-18-9-7-13-30-18)24-12-6-8-17-10-11-19(28-3)20(14-17)29-5-2/h7,9-11,13-14H,4-6,8,12,15-16H2,1-3H3,(H,25,27)(H2,23,24,26). The number of hydrogen-bond donors (Lipinski definition) is 3. The second-order valence-electron chi connectivity index (χ2n) is 6.50. The Labute approximate surface area is 178 Å². The first-order valence-corrected chi connectivity index (χ1v) is 10.3. The summed E-state index contributed by atoms with van der Waals surface area (Å²) in [6, 6.07) is 9.60. The molecule has 3 N–H and O–H groups in total. The van der Waals surface area contributed by atoms with Gasteiger partial charge in [-0.25, -0.2) is 4.99 Å². The number of benzene rings is 1. The molecule has 0 aliphatic rings. The minimum atomic E-state index is -0.162. The first-order chi connectivity index (χ1) is 14.7. The van der Waals surface area contributed by atoms with Crippen molar-refractivity contribution < 1.29 is 18.7 Å². The Morgan fingerprint density at radius 3 is 2.70 bits per heavy atom. The van der Waals surface area contributed by atoms with Crippen LogP contribution in [0.15, 0.2) is 46.0 Å². The minimum absolute atomic E-state index is 0.0479. The van der Waals surface area contributed by atoms with E-state index in [0.29, 0.717) is 24.9 Å². The van der Waals surface area contributed by atoms with Crippen LogP contribution >= 0.6 is 0 Å². The third kappa shape index (κ3) is 8.06. The number of rotatable bonds is 12. The van der Waals surface area contributed by atoms with E-state index in [2.05, 4.69) is 20.9 Å². The molecule has 0 saturated carbocycles. The van der Waals surface area contributed by atoms with Crippen LogP contribution in [0, 0.1) is 0 Å². The van der Waals surface area contributed by atoms with Crippen molar-refractivity contribution in [3.8, 4) is 11.5 Å². The highest BCUT2D eigenvalue weighted by molar-refractivity contribution is 5.84. The van der Waals surface area contributed by atoms with Gasteiger partial charge in [-0.05, 0) is 56.5 Å². The zero-order valence-corrected chi connectivity index (χ0v) is 18.0. The number of guanidine groups is 1. The minimum Gasteiger partial charge on any atom is -0.493 e. The Balaban J connectivity index is 1.76. The van der Waals surface area contributed by atoms with E-state index in [1.807, 2.05) is 38.1 Å². The lowest BCUT2D eigenvalue weighted by atomic mass is 10.1. The summed E-state index contributed by atoms with van der Waals surface area (Å²) in [6.07, 6.45) is 3.38. The number of aliphatic imine (C=N–C) groups is 1. The van der Waals surface area contributed by atoms with Crippen LogP contribution in [0.3, 0.4) is 0 Å². The molecule has 0 aliphatic heterocycles. The molecule has 1 amide bonds. The summed E-state index contributed by atoms with van der Waals surface area (Å²) in [5, 5.41) is 9.19. The van der Waals surface area contributed by atoms with Gasteiger partial charge in [0.25, 0.3) is 0 Å². The van der Waals surface area contributed by atoms with E-state index in [9.17, 15) is 4.79 Å². The van der Waals surface area contributed by atoms with Gasteiger partial charge in [-0.15, -0.1) is 0 Å². The average molecular weight is 417 g/mol. The fourth-order valence-corrected chi connectivity index (χ4v) is 2.79. The Hall–Kier alpha value is -3.16. The molecule has 0 atom stereocenters. The van der Waals surface area contributed by atoms with E-state index in [1.54, 1.807) is 19.4 Å². The number of hydrogen-bond acceptors (Lipinski definition) is 5. The number of nitrogens with one attached hydrogen (secondary N) is 3. The van der Waals surface area contributed by atoms with Gasteiger partial charge in [0.15, 0.2) is 17.5 Å². The van der Waals surface area contributed by atoms with Crippen molar-refractivity contribution in [2.75, 3.05) is 33.4 Å². The largest absolute Gasteiger partial charge is 0.493 e. The molecule has 0 saturated heterocycles.